The largest absolute Gasteiger partial charge is 0.416 e. The Bertz CT molecular complexity index is 1370. The highest BCUT2D eigenvalue weighted by Crippen LogP contribution is 2.34. The van der Waals surface area contributed by atoms with Crippen LogP contribution < -0.4 is 4.90 Å². The van der Waals surface area contributed by atoms with Gasteiger partial charge in [0.05, 0.1) is 21.8 Å². The highest BCUT2D eigenvalue weighted by Gasteiger charge is 2.34. The van der Waals surface area contributed by atoms with E-state index < -0.39 is 21.8 Å². The molecule has 0 unspecified atom stereocenters. The van der Waals surface area contributed by atoms with Crippen LogP contribution in [0.1, 0.15) is 37.6 Å². The van der Waals surface area contributed by atoms with Crippen molar-refractivity contribution in [2.45, 2.75) is 45.3 Å². The summed E-state index contributed by atoms with van der Waals surface area (Å²) in [6.07, 6.45) is -4.64. The summed E-state index contributed by atoms with van der Waals surface area (Å²) < 4.78 is 71.0. The summed E-state index contributed by atoms with van der Waals surface area (Å²) in [4.78, 5) is 4.22. The summed E-state index contributed by atoms with van der Waals surface area (Å²) in [6, 6.07) is 13.6. The molecule has 1 aliphatic rings. The molecule has 1 aromatic heterocycles. The van der Waals surface area contributed by atoms with Crippen molar-refractivity contribution < 1.29 is 21.6 Å². The molecule has 3 aromatic rings. The van der Waals surface area contributed by atoms with Gasteiger partial charge in [-0.05, 0) is 49.7 Å². The van der Waals surface area contributed by atoms with Gasteiger partial charge in [-0.2, -0.15) is 22.6 Å². The van der Waals surface area contributed by atoms with Gasteiger partial charge in [-0.3, -0.25) is 0 Å². The molecule has 0 atom stereocenters. The van der Waals surface area contributed by atoms with Gasteiger partial charge in [-0.1, -0.05) is 45.0 Å². The first kappa shape index (κ1) is 29.1. The fraction of sp³-hybridized carbons (Fsp3) is 0.464. The Labute approximate surface area is 228 Å². The van der Waals surface area contributed by atoms with Crippen LogP contribution in [0, 0.1) is 12.8 Å². The van der Waals surface area contributed by atoms with Gasteiger partial charge >= 0.3 is 6.18 Å². The standard InChI is InChI=1S/C28H36F3N5O2S/c1-5-33-14-16-34(17-15-33)27-26(22(4)32-36(27)24-11-7-6-8-12-24)20-35(19-21(2)3)39(37,38)25-13-9-10-23(18-25)28(29,30)31/h6-13,18,21H,5,14-17,19-20H2,1-4H3. The molecule has 0 radical (unpaired) electrons. The molecule has 0 spiro atoms. The second-order valence-electron chi connectivity index (χ2n) is 10.3. The Morgan fingerprint density at radius 2 is 1.67 bits per heavy atom. The van der Waals surface area contributed by atoms with Gasteiger partial charge in [0, 0.05) is 44.8 Å². The lowest BCUT2D eigenvalue weighted by atomic mass is 10.1. The van der Waals surface area contributed by atoms with Crippen LogP contribution >= 0.6 is 0 Å². The highest BCUT2D eigenvalue weighted by atomic mass is 32.2. The van der Waals surface area contributed by atoms with Gasteiger partial charge in [-0.25, -0.2) is 13.1 Å². The molecule has 0 bridgehead atoms. The van der Waals surface area contributed by atoms with E-state index in [0.717, 1.165) is 61.9 Å². The molecule has 4 rings (SSSR count). The lowest BCUT2D eigenvalue weighted by Crippen LogP contribution is -2.47. The van der Waals surface area contributed by atoms with Crippen molar-refractivity contribution in [2.24, 2.45) is 5.92 Å². The molecule has 0 saturated carbocycles. The Morgan fingerprint density at radius 3 is 2.26 bits per heavy atom. The number of anilines is 1. The third-order valence-corrected chi connectivity index (χ3v) is 8.79. The SMILES string of the molecule is CCN1CCN(c2c(CN(CC(C)C)S(=O)(=O)c3cccc(C(F)(F)F)c3)c(C)nn2-c2ccccc2)CC1. The second kappa shape index (κ2) is 11.7. The number of piperazine rings is 1. The van der Waals surface area contributed by atoms with Crippen LogP contribution in [0.3, 0.4) is 0 Å². The van der Waals surface area contributed by atoms with E-state index in [4.69, 9.17) is 5.10 Å². The normalized spacial score (nSPS) is 15.5. The molecular weight excluding hydrogens is 527 g/mol. The van der Waals surface area contributed by atoms with Crippen LogP contribution in [0.2, 0.25) is 0 Å². The minimum Gasteiger partial charge on any atom is -0.354 e. The number of likely N-dealkylation sites (N-methyl/N-ethyl adjacent to an activating group) is 1. The van der Waals surface area contributed by atoms with E-state index in [0.29, 0.717) is 11.8 Å². The number of hydrogen-bond donors (Lipinski definition) is 0. The molecule has 1 aliphatic heterocycles. The molecule has 0 N–H and O–H groups in total. The Balaban J connectivity index is 1.79. The number of aryl methyl sites for hydroxylation is 1. The third kappa shape index (κ3) is 6.47. The van der Waals surface area contributed by atoms with Crippen molar-refractivity contribution in [1.29, 1.82) is 0 Å². The van der Waals surface area contributed by atoms with Crippen LogP contribution in [-0.4, -0.2) is 66.7 Å². The lowest BCUT2D eigenvalue weighted by Gasteiger charge is -2.36. The molecule has 0 amide bonds. The topological polar surface area (TPSA) is 61.7 Å². The first-order valence-corrected chi connectivity index (χ1v) is 14.6. The van der Waals surface area contributed by atoms with Crippen LogP contribution in [0.4, 0.5) is 19.0 Å². The van der Waals surface area contributed by atoms with E-state index >= 15 is 0 Å². The number of alkyl halides is 3. The van der Waals surface area contributed by atoms with E-state index in [-0.39, 0.29) is 23.9 Å². The van der Waals surface area contributed by atoms with Crippen molar-refractivity contribution in [2.75, 3.05) is 44.2 Å². The average molecular weight is 564 g/mol. The number of nitrogens with zero attached hydrogens (tertiary/aromatic N) is 5. The summed E-state index contributed by atoms with van der Waals surface area (Å²) in [5.74, 6) is 0.772. The number of aromatic nitrogens is 2. The lowest BCUT2D eigenvalue weighted by molar-refractivity contribution is -0.137. The maximum absolute atomic E-state index is 13.8. The smallest absolute Gasteiger partial charge is 0.354 e. The minimum absolute atomic E-state index is 0.00124. The molecule has 2 aromatic carbocycles. The molecule has 0 aliphatic carbocycles. The number of sulfonamides is 1. The molecule has 39 heavy (non-hydrogen) atoms. The van der Waals surface area contributed by atoms with E-state index in [9.17, 15) is 21.6 Å². The van der Waals surface area contributed by atoms with Crippen molar-refractivity contribution in [3.8, 4) is 5.69 Å². The van der Waals surface area contributed by atoms with Crippen molar-refractivity contribution in [1.82, 2.24) is 19.0 Å². The van der Waals surface area contributed by atoms with E-state index in [1.807, 2.05) is 55.8 Å². The third-order valence-electron chi connectivity index (χ3n) is 6.98. The van der Waals surface area contributed by atoms with Crippen LogP contribution in [0.15, 0.2) is 59.5 Å². The molecule has 7 nitrogen and oxygen atoms in total. The maximum atomic E-state index is 13.8. The summed E-state index contributed by atoms with van der Waals surface area (Å²) in [5.41, 5.74) is 1.30. The summed E-state index contributed by atoms with van der Waals surface area (Å²) >= 11 is 0. The molecule has 212 valence electrons. The van der Waals surface area contributed by atoms with Gasteiger partial charge < -0.3 is 9.80 Å². The molecule has 11 heteroatoms. The summed E-state index contributed by atoms with van der Waals surface area (Å²) in [7, 11) is -4.24. The summed E-state index contributed by atoms with van der Waals surface area (Å²) in [5, 5.41) is 4.82. The number of hydrogen-bond acceptors (Lipinski definition) is 5. The fourth-order valence-electron chi connectivity index (χ4n) is 4.90. The maximum Gasteiger partial charge on any atom is 0.416 e. The Hall–Kier alpha value is -2.89. The van der Waals surface area contributed by atoms with Crippen LogP contribution in [0.5, 0.6) is 0 Å². The predicted octanol–water partition coefficient (Wildman–Crippen LogP) is 5.19. The first-order valence-electron chi connectivity index (χ1n) is 13.2. The quantitative estimate of drug-likeness (QED) is 0.359. The molecule has 1 saturated heterocycles. The molecular formula is C28H36F3N5O2S. The minimum atomic E-state index is -4.64. The van der Waals surface area contributed by atoms with Crippen molar-refractivity contribution in [3.05, 3.63) is 71.4 Å². The average Bonchev–Trinajstić information content (AvgIpc) is 3.24. The Morgan fingerprint density at radius 1 is 1.00 bits per heavy atom. The van der Waals surface area contributed by atoms with Gasteiger partial charge in [0.1, 0.15) is 5.82 Å². The van der Waals surface area contributed by atoms with Gasteiger partial charge in [-0.15, -0.1) is 0 Å². The highest BCUT2D eigenvalue weighted by molar-refractivity contribution is 7.89. The Kier molecular flexibility index (Phi) is 8.72. The van der Waals surface area contributed by atoms with Crippen molar-refractivity contribution >= 4 is 15.8 Å². The van der Waals surface area contributed by atoms with Gasteiger partial charge in [0.15, 0.2) is 0 Å². The predicted molar refractivity (Wildman–Crippen MR) is 147 cm³/mol. The van der Waals surface area contributed by atoms with Crippen molar-refractivity contribution in [3.63, 3.8) is 0 Å². The van der Waals surface area contributed by atoms with Gasteiger partial charge in [0.2, 0.25) is 10.0 Å². The number of halogens is 3. The van der Waals surface area contributed by atoms with Gasteiger partial charge in [0.25, 0.3) is 0 Å². The second-order valence-corrected chi connectivity index (χ2v) is 12.2. The first-order chi connectivity index (χ1) is 18.4. The zero-order valence-corrected chi connectivity index (χ0v) is 23.6. The van der Waals surface area contributed by atoms with E-state index in [2.05, 4.69) is 16.7 Å². The monoisotopic (exact) mass is 563 g/mol. The zero-order chi connectivity index (χ0) is 28.4. The number of benzene rings is 2. The zero-order valence-electron chi connectivity index (χ0n) is 22.8. The number of para-hydroxylation sites is 1. The fourth-order valence-corrected chi connectivity index (χ4v) is 6.51. The molecule has 2 heterocycles. The van der Waals surface area contributed by atoms with E-state index in [1.54, 1.807) is 0 Å². The van der Waals surface area contributed by atoms with Crippen LogP contribution in [0.25, 0.3) is 5.69 Å². The summed E-state index contributed by atoms with van der Waals surface area (Å²) in [6.45, 7) is 12.1. The molecule has 1 fully saturated rings. The number of rotatable bonds is 9. The van der Waals surface area contributed by atoms with E-state index in [1.165, 1.54) is 10.4 Å². The van der Waals surface area contributed by atoms with Crippen LogP contribution in [-0.2, 0) is 22.7 Å².